The molecule has 0 N–H and O–H groups in total. The number of carbonyl (C=O) groups is 1. The van der Waals surface area contributed by atoms with Gasteiger partial charge in [0.15, 0.2) is 28.8 Å². The summed E-state index contributed by atoms with van der Waals surface area (Å²) in [6.07, 6.45) is 7.12. The topological polar surface area (TPSA) is 63.2 Å². The highest BCUT2D eigenvalue weighted by atomic mass is 35.5. The molecule has 0 amide bonds. The lowest BCUT2D eigenvalue weighted by atomic mass is 10.0. The van der Waals surface area contributed by atoms with Crippen LogP contribution in [0.2, 0.25) is 5.02 Å². The Morgan fingerprint density at radius 2 is 1.46 bits per heavy atom. The first-order valence-corrected chi connectivity index (χ1v) is 11.6. The Morgan fingerprint density at radius 1 is 0.811 bits per heavy atom. The maximum Gasteiger partial charge on any atom is 0.203 e. The Morgan fingerprint density at radius 3 is 2.03 bits per heavy atom. The minimum atomic E-state index is -0.497. The molecule has 6 nitrogen and oxygen atoms in total. The molecule has 194 valence electrons. The molecule has 0 aromatic heterocycles. The lowest BCUT2D eigenvalue weighted by Gasteiger charge is -2.13. The molecule has 0 aliphatic heterocycles. The number of halogens is 2. The molecule has 0 spiro atoms. The van der Waals surface area contributed by atoms with E-state index in [1.807, 2.05) is 6.08 Å². The molecular formula is C29H28ClFO6. The summed E-state index contributed by atoms with van der Waals surface area (Å²) in [5.41, 5.74) is 2.58. The van der Waals surface area contributed by atoms with Crippen molar-refractivity contribution < 1.29 is 32.9 Å². The maximum atomic E-state index is 14.6. The Bertz CT molecular complexity index is 1310. The number of hydrogen-bond acceptors (Lipinski definition) is 6. The van der Waals surface area contributed by atoms with Gasteiger partial charge in [0, 0.05) is 5.56 Å². The van der Waals surface area contributed by atoms with E-state index in [1.165, 1.54) is 47.7 Å². The third-order valence-electron chi connectivity index (χ3n) is 5.60. The Kier molecular flexibility index (Phi) is 9.57. The van der Waals surface area contributed by atoms with Crippen molar-refractivity contribution in [3.05, 3.63) is 87.7 Å². The zero-order valence-corrected chi connectivity index (χ0v) is 22.0. The van der Waals surface area contributed by atoms with Gasteiger partial charge in [0.1, 0.15) is 5.75 Å². The molecule has 3 aromatic rings. The van der Waals surface area contributed by atoms with Gasteiger partial charge in [-0.15, -0.1) is 0 Å². The lowest BCUT2D eigenvalue weighted by Crippen LogP contribution is -1.97. The molecule has 0 aliphatic rings. The Labute approximate surface area is 220 Å². The van der Waals surface area contributed by atoms with Gasteiger partial charge in [-0.3, -0.25) is 4.79 Å². The summed E-state index contributed by atoms with van der Waals surface area (Å²) in [5, 5.41) is 0.351. The number of hydrogen-bond donors (Lipinski definition) is 0. The number of allylic oxidation sites excluding steroid dienone is 2. The number of rotatable bonds is 11. The van der Waals surface area contributed by atoms with Crippen LogP contribution in [0.15, 0.2) is 54.6 Å². The molecule has 37 heavy (non-hydrogen) atoms. The number of carbonyl (C=O) groups excluding carboxylic acids is 1. The predicted molar refractivity (Wildman–Crippen MR) is 143 cm³/mol. The highest BCUT2D eigenvalue weighted by Crippen LogP contribution is 2.38. The molecule has 3 aromatic carbocycles. The van der Waals surface area contributed by atoms with Crippen LogP contribution in [-0.4, -0.2) is 41.3 Å². The zero-order valence-electron chi connectivity index (χ0n) is 21.3. The fraction of sp³-hybridized carbons (Fsp3) is 0.207. The predicted octanol–water partition coefficient (Wildman–Crippen LogP) is 6.67. The van der Waals surface area contributed by atoms with Gasteiger partial charge in [-0.05, 0) is 71.7 Å². The van der Waals surface area contributed by atoms with E-state index in [9.17, 15) is 9.18 Å². The van der Waals surface area contributed by atoms with Crippen molar-refractivity contribution in [2.45, 2.75) is 6.42 Å². The first kappa shape index (κ1) is 27.6. The van der Waals surface area contributed by atoms with Crippen LogP contribution < -0.4 is 23.7 Å². The maximum absolute atomic E-state index is 14.6. The van der Waals surface area contributed by atoms with Gasteiger partial charge in [0.25, 0.3) is 0 Å². The summed E-state index contributed by atoms with van der Waals surface area (Å²) in [6.45, 7) is 0. The third-order valence-corrected chi connectivity index (χ3v) is 5.89. The lowest BCUT2D eigenvalue weighted by molar-refractivity contribution is 0.104. The number of ether oxygens (including phenoxy) is 5. The number of methoxy groups -OCH3 is 5. The van der Waals surface area contributed by atoms with Crippen LogP contribution in [-0.2, 0) is 6.42 Å². The monoisotopic (exact) mass is 526 g/mol. The van der Waals surface area contributed by atoms with Crippen molar-refractivity contribution in [1.82, 2.24) is 0 Å². The molecule has 0 heterocycles. The Balaban J connectivity index is 1.89. The van der Waals surface area contributed by atoms with Crippen molar-refractivity contribution >= 4 is 29.5 Å². The van der Waals surface area contributed by atoms with Crippen molar-refractivity contribution in [2.24, 2.45) is 0 Å². The van der Waals surface area contributed by atoms with Gasteiger partial charge in [-0.2, -0.15) is 0 Å². The van der Waals surface area contributed by atoms with E-state index in [0.717, 1.165) is 11.1 Å². The van der Waals surface area contributed by atoms with Crippen LogP contribution in [0.4, 0.5) is 4.39 Å². The minimum Gasteiger partial charge on any atom is -0.495 e. The SMILES string of the molecule is COc1cc(C/C=C\C(=O)c2ccc(OC)c(Cl)c2)c(/C=C\c2cc(OC)c(OC)c(OC)c2)cc1F. The van der Waals surface area contributed by atoms with Gasteiger partial charge in [0.05, 0.1) is 40.6 Å². The second-order valence-corrected chi connectivity index (χ2v) is 8.20. The second-order valence-electron chi connectivity index (χ2n) is 7.80. The van der Waals surface area contributed by atoms with Crippen LogP contribution in [0.1, 0.15) is 27.0 Å². The molecule has 0 atom stereocenters. The van der Waals surface area contributed by atoms with E-state index in [2.05, 4.69) is 0 Å². The van der Waals surface area contributed by atoms with Crippen LogP contribution >= 0.6 is 11.6 Å². The van der Waals surface area contributed by atoms with Crippen molar-refractivity contribution in [3.8, 4) is 28.7 Å². The molecule has 0 radical (unpaired) electrons. The van der Waals surface area contributed by atoms with Gasteiger partial charge >= 0.3 is 0 Å². The first-order chi connectivity index (χ1) is 17.8. The molecule has 0 saturated carbocycles. The molecule has 0 bridgehead atoms. The van der Waals surface area contributed by atoms with Gasteiger partial charge < -0.3 is 23.7 Å². The first-order valence-electron chi connectivity index (χ1n) is 11.2. The second kappa shape index (κ2) is 12.8. The average Bonchev–Trinajstić information content (AvgIpc) is 2.91. The highest BCUT2D eigenvalue weighted by Gasteiger charge is 2.13. The standard InChI is InChI=1S/C29H28ClFO6/c1-33-25-12-11-21(15-22(25)30)24(32)8-6-7-19-17-26(34-2)23(31)16-20(19)10-9-18-13-27(35-3)29(37-5)28(14-18)36-4/h6,8-17H,7H2,1-5H3/b8-6-,10-9-. The van der Waals surface area contributed by atoms with Gasteiger partial charge in [0.2, 0.25) is 5.75 Å². The molecular weight excluding hydrogens is 499 g/mol. The van der Waals surface area contributed by atoms with Crippen molar-refractivity contribution in [2.75, 3.05) is 35.5 Å². The number of ketones is 1. The van der Waals surface area contributed by atoms with Crippen molar-refractivity contribution in [3.63, 3.8) is 0 Å². The summed E-state index contributed by atoms with van der Waals surface area (Å²) in [6, 6.07) is 11.4. The smallest absolute Gasteiger partial charge is 0.203 e. The molecule has 0 aliphatic carbocycles. The van der Waals surface area contributed by atoms with E-state index >= 15 is 0 Å². The average molecular weight is 527 g/mol. The summed E-state index contributed by atoms with van der Waals surface area (Å²) in [4.78, 5) is 12.6. The van der Waals surface area contributed by atoms with E-state index in [-0.39, 0.29) is 11.5 Å². The summed E-state index contributed by atoms with van der Waals surface area (Å²) < 4.78 is 41.0. The molecule has 8 heteroatoms. The third kappa shape index (κ3) is 6.62. The van der Waals surface area contributed by atoms with Crippen LogP contribution in [0.3, 0.4) is 0 Å². The van der Waals surface area contributed by atoms with E-state index in [1.54, 1.807) is 48.6 Å². The molecule has 0 unspecified atom stereocenters. The summed E-state index contributed by atoms with van der Waals surface area (Å²) >= 11 is 6.13. The van der Waals surface area contributed by atoms with E-state index < -0.39 is 5.82 Å². The minimum absolute atomic E-state index is 0.113. The quantitative estimate of drug-likeness (QED) is 0.158. The van der Waals surface area contributed by atoms with E-state index in [4.69, 9.17) is 35.3 Å². The number of benzene rings is 3. The van der Waals surface area contributed by atoms with Gasteiger partial charge in [-0.25, -0.2) is 4.39 Å². The summed E-state index contributed by atoms with van der Waals surface area (Å²) in [5.74, 6) is 1.37. The van der Waals surface area contributed by atoms with E-state index in [0.29, 0.717) is 45.6 Å². The van der Waals surface area contributed by atoms with Crippen LogP contribution in [0.5, 0.6) is 28.7 Å². The largest absolute Gasteiger partial charge is 0.495 e. The molecule has 0 saturated heterocycles. The molecule has 3 rings (SSSR count). The fourth-order valence-corrected chi connectivity index (χ4v) is 3.95. The van der Waals surface area contributed by atoms with Crippen LogP contribution in [0, 0.1) is 5.82 Å². The summed E-state index contributed by atoms with van der Waals surface area (Å²) in [7, 11) is 7.52. The Hall–Kier alpha value is -3.97. The van der Waals surface area contributed by atoms with Crippen LogP contribution in [0.25, 0.3) is 12.2 Å². The fourth-order valence-electron chi connectivity index (χ4n) is 3.69. The normalized spacial score (nSPS) is 11.1. The zero-order chi connectivity index (χ0) is 26.9. The molecule has 0 fully saturated rings. The van der Waals surface area contributed by atoms with Gasteiger partial charge in [-0.1, -0.05) is 29.8 Å². The van der Waals surface area contributed by atoms with Crippen molar-refractivity contribution in [1.29, 1.82) is 0 Å². The highest BCUT2D eigenvalue weighted by molar-refractivity contribution is 6.32.